The van der Waals surface area contributed by atoms with Crippen LogP contribution in [0.4, 0.5) is 5.69 Å². The van der Waals surface area contributed by atoms with Crippen molar-refractivity contribution in [2.24, 2.45) is 0 Å². The minimum Gasteiger partial charge on any atom is -0.481 e. The molecule has 0 radical (unpaired) electrons. The Morgan fingerprint density at radius 2 is 1.88 bits per heavy atom. The highest BCUT2D eigenvalue weighted by Crippen LogP contribution is 2.40. The van der Waals surface area contributed by atoms with Gasteiger partial charge in [-0.3, -0.25) is 9.59 Å². The van der Waals surface area contributed by atoms with Crippen molar-refractivity contribution >= 4 is 29.2 Å². The molecule has 1 aliphatic rings. The minimum atomic E-state index is -0.801. The van der Waals surface area contributed by atoms with Gasteiger partial charge in [-0.2, -0.15) is 0 Å². The van der Waals surface area contributed by atoms with Crippen molar-refractivity contribution in [2.75, 3.05) is 11.4 Å². The Bertz CT molecular complexity index is 806. The number of para-hydroxylation sites is 1. The van der Waals surface area contributed by atoms with Gasteiger partial charge in [0.2, 0.25) is 0 Å². The number of hydrogen-bond donors (Lipinski definition) is 1. The van der Waals surface area contributed by atoms with Gasteiger partial charge in [-0.1, -0.05) is 30.2 Å². The molecule has 2 aromatic carbocycles. The lowest BCUT2D eigenvalue weighted by molar-refractivity contribution is -0.137. The summed E-state index contributed by atoms with van der Waals surface area (Å²) in [6.45, 7) is 0.476. The zero-order valence-corrected chi connectivity index (χ0v) is 14.3. The van der Waals surface area contributed by atoms with E-state index in [0.717, 1.165) is 6.42 Å². The molecule has 1 amide bonds. The molecule has 0 spiro atoms. The fraction of sp³-hybridized carbons (Fsp3) is 0.263. The van der Waals surface area contributed by atoms with E-state index in [4.69, 9.17) is 21.4 Å². The number of carbonyl (C=O) groups excluding carboxylic acids is 1. The van der Waals surface area contributed by atoms with E-state index in [1.54, 1.807) is 41.3 Å². The van der Waals surface area contributed by atoms with Gasteiger partial charge in [0.25, 0.3) is 5.91 Å². The molecule has 130 valence electrons. The SMILES string of the molecule is O=C(O)CCCCCN1C(=O)c2ccccc2Oc2ccc(Cl)cc21. The third-order valence-corrected chi connectivity index (χ3v) is 4.30. The van der Waals surface area contributed by atoms with E-state index in [-0.39, 0.29) is 12.3 Å². The first kappa shape index (κ1) is 17.3. The number of rotatable bonds is 6. The minimum absolute atomic E-state index is 0.141. The Morgan fingerprint density at radius 1 is 1.08 bits per heavy atom. The van der Waals surface area contributed by atoms with Gasteiger partial charge in [-0.25, -0.2) is 0 Å². The van der Waals surface area contributed by atoms with Gasteiger partial charge in [0.1, 0.15) is 5.75 Å². The maximum absolute atomic E-state index is 13.0. The summed E-state index contributed by atoms with van der Waals surface area (Å²) in [5, 5.41) is 9.24. The first-order chi connectivity index (χ1) is 12.1. The largest absolute Gasteiger partial charge is 0.481 e. The van der Waals surface area contributed by atoms with Crippen LogP contribution in [0.15, 0.2) is 42.5 Å². The lowest BCUT2D eigenvalue weighted by Gasteiger charge is -2.22. The van der Waals surface area contributed by atoms with Crippen LogP contribution in [0, 0.1) is 0 Å². The molecule has 5 nitrogen and oxygen atoms in total. The number of unbranched alkanes of at least 4 members (excludes halogenated alkanes) is 2. The lowest BCUT2D eigenvalue weighted by atomic mass is 10.1. The van der Waals surface area contributed by atoms with Crippen LogP contribution in [0.25, 0.3) is 0 Å². The zero-order valence-electron chi connectivity index (χ0n) is 13.6. The van der Waals surface area contributed by atoms with Crippen molar-refractivity contribution in [2.45, 2.75) is 25.7 Å². The Balaban J connectivity index is 1.85. The molecule has 3 rings (SSSR count). The van der Waals surface area contributed by atoms with Gasteiger partial charge in [-0.05, 0) is 43.2 Å². The van der Waals surface area contributed by atoms with Gasteiger partial charge in [0.15, 0.2) is 5.75 Å². The zero-order chi connectivity index (χ0) is 17.8. The fourth-order valence-electron chi connectivity index (χ4n) is 2.84. The molecule has 0 fully saturated rings. The van der Waals surface area contributed by atoms with Crippen LogP contribution in [0.5, 0.6) is 11.5 Å². The summed E-state index contributed by atoms with van der Waals surface area (Å²) in [6.07, 6.45) is 2.16. The van der Waals surface area contributed by atoms with Gasteiger partial charge in [0.05, 0.1) is 11.3 Å². The van der Waals surface area contributed by atoms with E-state index in [0.29, 0.717) is 47.2 Å². The number of halogens is 1. The first-order valence-electron chi connectivity index (χ1n) is 8.16. The van der Waals surface area contributed by atoms with Crippen LogP contribution < -0.4 is 9.64 Å². The third kappa shape index (κ3) is 3.94. The Morgan fingerprint density at radius 3 is 2.68 bits per heavy atom. The Labute approximate surface area is 150 Å². The monoisotopic (exact) mass is 359 g/mol. The van der Waals surface area contributed by atoms with Crippen LogP contribution in [0.2, 0.25) is 5.02 Å². The second-order valence-electron chi connectivity index (χ2n) is 5.87. The van der Waals surface area contributed by atoms with E-state index in [9.17, 15) is 9.59 Å². The van der Waals surface area contributed by atoms with Crippen LogP contribution in [0.3, 0.4) is 0 Å². The first-order valence-corrected chi connectivity index (χ1v) is 8.54. The normalized spacial score (nSPS) is 12.8. The van der Waals surface area contributed by atoms with E-state index in [1.807, 2.05) is 6.07 Å². The Kier molecular flexibility index (Phi) is 5.24. The van der Waals surface area contributed by atoms with Crippen molar-refractivity contribution in [3.8, 4) is 11.5 Å². The Hall–Kier alpha value is -2.53. The molecule has 25 heavy (non-hydrogen) atoms. The molecule has 0 unspecified atom stereocenters. The van der Waals surface area contributed by atoms with Crippen molar-refractivity contribution in [3.05, 3.63) is 53.1 Å². The molecular weight excluding hydrogens is 342 g/mol. The number of carbonyl (C=O) groups is 2. The quantitative estimate of drug-likeness (QED) is 0.756. The summed E-state index contributed by atoms with van der Waals surface area (Å²) in [5.41, 5.74) is 1.13. The second-order valence-corrected chi connectivity index (χ2v) is 6.31. The summed E-state index contributed by atoms with van der Waals surface area (Å²) in [6, 6.07) is 12.3. The van der Waals surface area contributed by atoms with Crippen LogP contribution in [-0.4, -0.2) is 23.5 Å². The number of benzene rings is 2. The molecule has 1 aliphatic heterocycles. The number of ether oxygens (including phenoxy) is 1. The number of fused-ring (bicyclic) bond motifs is 2. The number of carboxylic acids is 1. The predicted molar refractivity (Wildman–Crippen MR) is 95.7 cm³/mol. The van der Waals surface area contributed by atoms with E-state index in [1.165, 1.54) is 0 Å². The molecule has 1 N–H and O–H groups in total. The number of nitrogens with zero attached hydrogens (tertiary/aromatic N) is 1. The second kappa shape index (κ2) is 7.57. The molecule has 0 bridgehead atoms. The molecule has 2 aromatic rings. The highest BCUT2D eigenvalue weighted by molar-refractivity contribution is 6.31. The van der Waals surface area contributed by atoms with Crippen molar-refractivity contribution < 1.29 is 19.4 Å². The van der Waals surface area contributed by atoms with Gasteiger partial charge in [-0.15, -0.1) is 0 Å². The van der Waals surface area contributed by atoms with Crippen molar-refractivity contribution in [3.63, 3.8) is 0 Å². The van der Waals surface area contributed by atoms with Gasteiger partial charge in [0, 0.05) is 18.0 Å². The number of amides is 1. The fourth-order valence-corrected chi connectivity index (χ4v) is 3.00. The number of aliphatic carboxylic acids is 1. The van der Waals surface area contributed by atoms with Gasteiger partial charge >= 0.3 is 5.97 Å². The van der Waals surface area contributed by atoms with Crippen molar-refractivity contribution in [1.29, 1.82) is 0 Å². The summed E-state index contributed by atoms with van der Waals surface area (Å²) >= 11 is 6.11. The molecule has 6 heteroatoms. The van der Waals surface area contributed by atoms with Crippen LogP contribution in [0.1, 0.15) is 36.0 Å². The topological polar surface area (TPSA) is 66.8 Å². The molecule has 0 saturated heterocycles. The summed E-state index contributed by atoms with van der Waals surface area (Å²) in [4.78, 5) is 25.3. The summed E-state index contributed by atoms with van der Waals surface area (Å²) in [7, 11) is 0. The molecule has 0 saturated carbocycles. The maximum Gasteiger partial charge on any atom is 0.303 e. The average molecular weight is 360 g/mol. The third-order valence-electron chi connectivity index (χ3n) is 4.07. The lowest BCUT2D eigenvalue weighted by Crippen LogP contribution is -2.31. The standard InChI is InChI=1S/C19H18ClNO4/c20-13-9-10-17-15(12-13)21(11-5-1-2-8-18(22)23)19(24)14-6-3-4-7-16(14)25-17/h3-4,6-7,9-10,12H,1-2,5,8,11H2,(H,22,23). The number of anilines is 1. The van der Waals surface area contributed by atoms with Crippen molar-refractivity contribution in [1.82, 2.24) is 0 Å². The smallest absolute Gasteiger partial charge is 0.303 e. The number of hydrogen-bond acceptors (Lipinski definition) is 3. The van der Waals surface area contributed by atoms with E-state index >= 15 is 0 Å². The molecule has 1 heterocycles. The molecule has 0 atom stereocenters. The van der Waals surface area contributed by atoms with E-state index < -0.39 is 5.97 Å². The highest BCUT2D eigenvalue weighted by Gasteiger charge is 2.27. The highest BCUT2D eigenvalue weighted by atomic mass is 35.5. The average Bonchev–Trinajstić information content (AvgIpc) is 2.70. The summed E-state index contributed by atoms with van der Waals surface area (Å²) < 4.78 is 5.92. The van der Waals surface area contributed by atoms with Gasteiger partial charge < -0.3 is 14.7 Å². The van der Waals surface area contributed by atoms with Crippen LogP contribution >= 0.6 is 11.6 Å². The van der Waals surface area contributed by atoms with E-state index in [2.05, 4.69) is 0 Å². The van der Waals surface area contributed by atoms with Crippen LogP contribution in [-0.2, 0) is 4.79 Å². The summed E-state index contributed by atoms with van der Waals surface area (Å²) in [5.74, 6) is 0.151. The predicted octanol–water partition coefficient (Wildman–Crippen LogP) is 4.74. The molecular formula is C19H18ClNO4. The molecule has 0 aliphatic carbocycles. The number of carboxylic acid groups (broad SMARTS) is 1. The molecule has 0 aromatic heterocycles. The maximum atomic E-state index is 13.0.